The molecule has 0 aliphatic rings. The number of hydrogen-bond donors (Lipinski definition) is 1. The number of rotatable bonds is 4. The Balaban J connectivity index is 2.31. The Labute approximate surface area is 106 Å². The molecule has 6 nitrogen and oxygen atoms in total. The molecular weight excluding hydrogens is 230 g/mol. The normalized spacial score (nSPS) is 14.4. The van der Waals surface area contributed by atoms with E-state index in [1.807, 2.05) is 13.8 Å². The zero-order chi connectivity index (χ0) is 13.2. The number of aryl methyl sites for hydroxylation is 1. The van der Waals surface area contributed by atoms with Gasteiger partial charge in [0.1, 0.15) is 11.5 Å². The Morgan fingerprint density at radius 3 is 2.83 bits per heavy atom. The van der Waals surface area contributed by atoms with Crippen LogP contribution < -0.4 is 5.73 Å². The minimum atomic E-state index is -0.595. The second-order valence-electron chi connectivity index (χ2n) is 4.58. The molecule has 2 aromatic heterocycles. The van der Waals surface area contributed by atoms with Crippen LogP contribution in [0.4, 0.5) is 0 Å². The Hall–Kier alpha value is -1.82. The van der Waals surface area contributed by atoms with E-state index >= 15 is 0 Å². The fourth-order valence-electron chi connectivity index (χ4n) is 1.77. The first-order valence-corrected chi connectivity index (χ1v) is 5.96. The van der Waals surface area contributed by atoms with Gasteiger partial charge in [-0.1, -0.05) is 18.5 Å². The van der Waals surface area contributed by atoms with Crippen LogP contribution in [-0.2, 0) is 5.54 Å². The standard InChI is InChI=1S/C12H17N5O/c1-4-6-12(3,13)11-16-10(17-18-11)9-5-7-14-8(2)15-9/h5,7H,4,6,13H2,1-3H3. The summed E-state index contributed by atoms with van der Waals surface area (Å²) in [7, 11) is 0. The van der Waals surface area contributed by atoms with Gasteiger partial charge in [-0.05, 0) is 26.3 Å². The van der Waals surface area contributed by atoms with E-state index in [0.29, 0.717) is 23.2 Å². The Morgan fingerprint density at radius 1 is 1.39 bits per heavy atom. The minimum Gasteiger partial charge on any atom is -0.337 e. The fourth-order valence-corrected chi connectivity index (χ4v) is 1.77. The van der Waals surface area contributed by atoms with Crippen molar-refractivity contribution in [2.45, 2.75) is 39.2 Å². The van der Waals surface area contributed by atoms with Crippen LogP contribution in [0.15, 0.2) is 16.8 Å². The van der Waals surface area contributed by atoms with Crippen LogP contribution >= 0.6 is 0 Å². The van der Waals surface area contributed by atoms with Crippen molar-refractivity contribution in [1.82, 2.24) is 20.1 Å². The monoisotopic (exact) mass is 247 g/mol. The smallest absolute Gasteiger partial charge is 0.246 e. The lowest BCUT2D eigenvalue weighted by Gasteiger charge is -2.18. The summed E-state index contributed by atoms with van der Waals surface area (Å²) in [6, 6.07) is 1.75. The summed E-state index contributed by atoms with van der Waals surface area (Å²) in [5.74, 6) is 1.56. The van der Waals surface area contributed by atoms with Gasteiger partial charge in [0, 0.05) is 6.20 Å². The Morgan fingerprint density at radius 2 is 2.17 bits per heavy atom. The third kappa shape index (κ3) is 2.53. The number of nitrogens with two attached hydrogens (primary N) is 1. The molecule has 2 N–H and O–H groups in total. The molecule has 0 saturated heterocycles. The van der Waals surface area contributed by atoms with Gasteiger partial charge in [0.05, 0.1) is 5.54 Å². The molecular formula is C12H17N5O. The first-order chi connectivity index (χ1) is 8.53. The van der Waals surface area contributed by atoms with Crippen LogP contribution in [0.25, 0.3) is 11.5 Å². The van der Waals surface area contributed by atoms with Crippen molar-refractivity contribution in [2.24, 2.45) is 5.73 Å². The third-order valence-electron chi connectivity index (χ3n) is 2.69. The molecule has 6 heteroatoms. The van der Waals surface area contributed by atoms with Gasteiger partial charge in [-0.15, -0.1) is 0 Å². The van der Waals surface area contributed by atoms with Crippen molar-refractivity contribution < 1.29 is 4.52 Å². The molecule has 0 saturated carbocycles. The van der Waals surface area contributed by atoms with Crippen LogP contribution in [0.3, 0.4) is 0 Å². The van der Waals surface area contributed by atoms with E-state index in [1.54, 1.807) is 12.3 Å². The molecule has 0 aromatic carbocycles. The first kappa shape index (κ1) is 12.6. The maximum atomic E-state index is 6.14. The van der Waals surface area contributed by atoms with Gasteiger partial charge >= 0.3 is 0 Å². The second-order valence-corrected chi connectivity index (χ2v) is 4.58. The highest BCUT2D eigenvalue weighted by Crippen LogP contribution is 2.23. The summed E-state index contributed by atoms with van der Waals surface area (Å²) in [6.07, 6.45) is 3.41. The molecule has 2 heterocycles. The summed E-state index contributed by atoms with van der Waals surface area (Å²) in [6.45, 7) is 5.77. The SMILES string of the molecule is CCCC(C)(N)c1nc(-c2ccnc(C)n2)no1. The van der Waals surface area contributed by atoms with E-state index in [2.05, 4.69) is 27.0 Å². The number of hydrogen-bond acceptors (Lipinski definition) is 6. The van der Waals surface area contributed by atoms with Gasteiger partial charge in [0.2, 0.25) is 11.7 Å². The maximum absolute atomic E-state index is 6.14. The summed E-state index contributed by atoms with van der Waals surface area (Å²) in [5, 5.41) is 3.92. The van der Waals surface area contributed by atoms with Gasteiger partial charge in [0.25, 0.3) is 0 Å². The van der Waals surface area contributed by atoms with Crippen molar-refractivity contribution in [3.8, 4) is 11.5 Å². The average Bonchev–Trinajstić information content (AvgIpc) is 2.78. The van der Waals surface area contributed by atoms with Gasteiger partial charge in [0.15, 0.2) is 0 Å². The van der Waals surface area contributed by atoms with Gasteiger partial charge in [-0.3, -0.25) is 0 Å². The highest BCUT2D eigenvalue weighted by Gasteiger charge is 2.27. The summed E-state index contributed by atoms with van der Waals surface area (Å²) in [5.41, 5.74) is 6.19. The zero-order valence-corrected chi connectivity index (χ0v) is 10.8. The predicted molar refractivity (Wildman–Crippen MR) is 66.5 cm³/mol. The molecule has 0 fully saturated rings. The van der Waals surface area contributed by atoms with Crippen LogP contribution in [0, 0.1) is 6.92 Å². The fraction of sp³-hybridized carbons (Fsp3) is 0.500. The second kappa shape index (κ2) is 4.81. The Kier molecular flexibility index (Phi) is 3.38. The first-order valence-electron chi connectivity index (χ1n) is 5.96. The van der Waals surface area contributed by atoms with Gasteiger partial charge < -0.3 is 10.3 Å². The summed E-state index contributed by atoms with van der Waals surface area (Å²) >= 11 is 0. The third-order valence-corrected chi connectivity index (χ3v) is 2.69. The molecule has 1 atom stereocenters. The number of aromatic nitrogens is 4. The Bertz CT molecular complexity index is 535. The lowest BCUT2D eigenvalue weighted by Crippen LogP contribution is -2.33. The lowest BCUT2D eigenvalue weighted by molar-refractivity contribution is 0.284. The molecule has 0 bridgehead atoms. The number of nitrogens with zero attached hydrogens (tertiary/aromatic N) is 4. The van der Waals surface area contributed by atoms with Crippen molar-refractivity contribution in [3.05, 3.63) is 24.0 Å². The molecule has 96 valence electrons. The van der Waals surface area contributed by atoms with E-state index in [9.17, 15) is 0 Å². The molecule has 0 aliphatic carbocycles. The van der Waals surface area contributed by atoms with E-state index in [4.69, 9.17) is 10.3 Å². The van der Waals surface area contributed by atoms with Crippen molar-refractivity contribution in [1.29, 1.82) is 0 Å². The van der Waals surface area contributed by atoms with E-state index in [-0.39, 0.29) is 0 Å². The highest BCUT2D eigenvalue weighted by atomic mass is 16.5. The van der Waals surface area contributed by atoms with Crippen LogP contribution in [-0.4, -0.2) is 20.1 Å². The van der Waals surface area contributed by atoms with Gasteiger partial charge in [-0.25, -0.2) is 9.97 Å². The average molecular weight is 247 g/mol. The quantitative estimate of drug-likeness (QED) is 0.886. The van der Waals surface area contributed by atoms with Crippen molar-refractivity contribution >= 4 is 0 Å². The summed E-state index contributed by atoms with van der Waals surface area (Å²) in [4.78, 5) is 12.6. The van der Waals surface area contributed by atoms with E-state index in [0.717, 1.165) is 12.8 Å². The zero-order valence-electron chi connectivity index (χ0n) is 10.8. The minimum absolute atomic E-state index is 0.440. The van der Waals surface area contributed by atoms with Crippen molar-refractivity contribution in [3.63, 3.8) is 0 Å². The summed E-state index contributed by atoms with van der Waals surface area (Å²) < 4.78 is 5.23. The van der Waals surface area contributed by atoms with E-state index < -0.39 is 5.54 Å². The molecule has 0 radical (unpaired) electrons. The van der Waals surface area contributed by atoms with Gasteiger partial charge in [-0.2, -0.15) is 4.98 Å². The molecule has 18 heavy (non-hydrogen) atoms. The molecule has 2 rings (SSSR count). The van der Waals surface area contributed by atoms with Crippen molar-refractivity contribution in [2.75, 3.05) is 0 Å². The van der Waals surface area contributed by atoms with Crippen LogP contribution in [0.5, 0.6) is 0 Å². The predicted octanol–water partition coefficient (Wildman–Crippen LogP) is 1.81. The highest BCUT2D eigenvalue weighted by molar-refractivity contribution is 5.47. The van der Waals surface area contributed by atoms with Crippen LogP contribution in [0.2, 0.25) is 0 Å². The van der Waals surface area contributed by atoms with Crippen LogP contribution in [0.1, 0.15) is 38.4 Å². The maximum Gasteiger partial charge on any atom is 0.246 e. The molecule has 0 spiro atoms. The molecule has 2 aromatic rings. The molecule has 0 amide bonds. The largest absolute Gasteiger partial charge is 0.337 e. The van der Waals surface area contributed by atoms with E-state index in [1.165, 1.54) is 0 Å². The molecule has 1 unspecified atom stereocenters. The molecule has 0 aliphatic heterocycles. The topological polar surface area (TPSA) is 90.7 Å². The lowest BCUT2D eigenvalue weighted by atomic mass is 9.98.